The van der Waals surface area contributed by atoms with Gasteiger partial charge in [0.05, 0.1) is 13.2 Å². The van der Waals surface area contributed by atoms with Crippen LogP contribution >= 0.6 is 0 Å². The minimum Gasteiger partial charge on any atom is -0.496 e. The third kappa shape index (κ3) is 4.33. The summed E-state index contributed by atoms with van der Waals surface area (Å²) in [6.07, 6.45) is 0. The van der Waals surface area contributed by atoms with E-state index in [1.807, 2.05) is 62.4 Å². The zero-order valence-electron chi connectivity index (χ0n) is 17.6. The van der Waals surface area contributed by atoms with Crippen molar-refractivity contribution in [3.8, 4) is 28.7 Å². The molecule has 3 aromatic carbocycles. The first-order chi connectivity index (χ1) is 15.1. The molecule has 0 radical (unpaired) electrons. The lowest BCUT2D eigenvalue weighted by Gasteiger charge is -2.17. The Labute approximate surface area is 180 Å². The third-order valence-corrected chi connectivity index (χ3v) is 5.15. The van der Waals surface area contributed by atoms with Crippen molar-refractivity contribution in [2.24, 2.45) is 0 Å². The summed E-state index contributed by atoms with van der Waals surface area (Å²) in [5, 5.41) is 11.3. The van der Waals surface area contributed by atoms with Crippen molar-refractivity contribution in [1.29, 1.82) is 0 Å². The molecule has 0 saturated carbocycles. The zero-order valence-corrected chi connectivity index (χ0v) is 17.6. The molecule has 0 bridgehead atoms. The van der Waals surface area contributed by atoms with E-state index in [2.05, 4.69) is 15.5 Å². The van der Waals surface area contributed by atoms with E-state index in [0.29, 0.717) is 17.3 Å². The van der Waals surface area contributed by atoms with Crippen molar-refractivity contribution >= 4 is 5.91 Å². The highest BCUT2D eigenvalue weighted by Gasteiger charge is 2.16. The fourth-order valence-electron chi connectivity index (χ4n) is 3.41. The molecule has 1 N–H and O–H groups in total. The van der Waals surface area contributed by atoms with Crippen molar-refractivity contribution in [1.82, 2.24) is 15.5 Å². The van der Waals surface area contributed by atoms with Crippen LogP contribution < -0.4 is 10.1 Å². The molecule has 0 aliphatic rings. The van der Waals surface area contributed by atoms with Gasteiger partial charge in [-0.05, 0) is 55.8 Å². The molecule has 0 spiro atoms. The van der Waals surface area contributed by atoms with E-state index in [0.717, 1.165) is 28.0 Å². The van der Waals surface area contributed by atoms with Crippen LogP contribution in [0.15, 0.2) is 77.2 Å². The molecule has 6 heteroatoms. The first-order valence-corrected chi connectivity index (χ1v) is 10.0. The lowest BCUT2D eigenvalue weighted by Crippen LogP contribution is -2.26. The van der Waals surface area contributed by atoms with Crippen molar-refractivity contribution in [3.05, 3.63) is 89.5 Å². The van der Waals surface area contributed by atoms with Gasteiger partial charge in [0.1, 0.15) is 5.75 Å². The quantitative estimate of drug-likeness (QED) is 0.469. The number of aromatic nitrogens is 2. The van der Waals surface area contributed by atoms with Gasteiger partial charge in [-0.1, -0.05) is 36.4 Å². The number of amides is 1. The summed E-state index contributed by atoms with van der Waals surface area (Å²) in [6, 6.07) is 22.4. The summed E-state index contributed by atoms with van der Waals surface area (Å²) < 4.78 is 11.2. The van der Waals surface area contributed by atoms with Crippen LogP contribution in [0.4, 0.5) is 0 Å². The van der Waals surface area contributed by atoms with Gasteiger partial charge in [-0.25, -0.2) is 0 Å². The summed E-state index contributed by atoms with van der Waals surface area (Å²) >= 11 is 0. The van der Waals surface area contributed by atoms with Crippen LogP contribution in [0.2, 0.25) is 0 Å². The minimum atomic E-state index is -0.198. The maximum absolute atomic E-state index is 12.7. The number of hydrogen-bond acceptors (Lipinski definition) is 5. The maximum Gasteiger partial charge on any atom is 0.251 e. The molecule has 4 rings (SSSR count). The molecule has 156 valence electrons. The van der Waals surface area contributed by atoms with Gasteiger partial charge >= 0.3 is 0 Å². The molecule has 1 amide bonds. The van der Waals surface area contributed by atoms with E-state index in [1.54, 1.807) is 31.4 Å². The topological polar surface area (TPSA) is 77.2 Å². The number of nitrogens with zero attached hydrogens (tertiary/aromatic N) is 2. The Kier molecular flexibility index (Phi) is 5.80. The van der Waals surface area contributed by atoms with Gasteiger partial charge in [-0.3, -0.25) is 4.79 Å². The molecule has 0 unspecified atom stereocenters. The maximum atomic E-state index is 12.7. The average Bonchev–Trinajstić information content (AvgIpc) is 3.29. The largest absolute Gasteiger partial charge is 0.496 e. The minimum absolute atomic E-state index is 0.170. The van der Waals surface area contributed by atoms with Crippen molar-refractivity contribution in [2.75, 3.05) is 7.11 Å². The Morgan fingerprint density at radius 2 is 1.61 bits per heavy atom. The Morgan fingerprint density at radius 3 is 2.35 bits per heavy atom. The molecule has 1 heterocycles. The summed E-state index contributed by atoms with van der Waals surface area (Å²) in [4.78, 5) is 12.7. The Morgan fingerprint density at radius 1 is 0.935 bits per heavy atom. The first-order valence-electron chi connectivity index (χ1n) is 10.0. The number of carbonyl (C=O) groups excluding carboxylic acids is 1. The lowest BCUT2D eigenvalue weighted by atomic mass is 10.1. The molecular formula is C25H23N3O3. The molecule has 0 aliphatic carbocycles. The van der Waals surface area contributed by atoms with Crippen molar-refractivity contribution in [2.45, 2.75) is 19.9 Å². The molecule has 6 nitrogen and oxygen atoms in total. The highest BCUT2D eigenvalue weighted by molar-refractivity contribution is 5.94. The second-order valence-corrected chi connectivity index (χ2v) is 7.24. The van der Waals surface area contributed by atoms with Crippen LogP contribution in [0.1, 0.15) is 34.5 Å². The molecule has 1 atom stereocenters. The zero-order chi connectivity index (χ0) is 21.8. The van der Waals surface area contributed by atoms with Gasteiger partial charge < -0.3 is 14.5 Å². The third-order valence-electron chi connectivity index (χ3n) is 5.15. The molecule has 1 aromatic heterocycles. The molecule has 0 fully saturated rings. The van der Waals surface area contributed by atoms with Crippen LogP contribution in [0.5, 0.6) is 5.75 Å². The number of para-hydroxylation sites is 1. The standard InChI is InChI=1S/C25H23N3O3/c1-16-8-4-5-9-20(16)25-28-27-24(31-25)19-14-12-18(13-15-19)23(29)26-17(2)21-10-6-7-11-22(21)30-3/h4-15,17H,1-3H3,(H,26,29)/t17-/m1/s1. The number of aryl methyl sites for hydroxylation is 1. The van der Waals surface area contributed by atoms with Gasteiger partial charge in [0, 0.05) is 22.3 Å². The van der Waals surface area contributed by atoms with Gasteiger partial charge in [-0.2, -0.15) is 0 Å². The van der Waals surface area contributed by atoms with E-state index in [-0.39, 0.29) is 11.9 Å². The Balaban J connectivity index is 1.48. The number of benzene rings is 3. The normalized spacial score (nSPS) is 11.7. The monoisotopic (exact) mass is 413 g/mol. The van der Waals surface area contributed by atoms with E-state index < -0.39 is 0 Å². The fraction of sp³-hybridized carbons (Fsp3) is 0.160. The fourth-order valence-corrected chi connectivity index (χ4v) is 3.41. The van der Waals surface area contributed by atoms with Crippen LogP contribution in [0, 0.1) is 6.92 Å². The molecule has 31 heavy (non-hydrogen) atoms. The van der Waals surface area contributed by atoms with Crippen molar-refractivity contribution < 1.29 is 13.9 Å². The number of nitrogens with one attached hydrogen (secondary N) is 1. The second-order valence-electron chi connectivity index (χ2n) is 7.24. The number of ether oxygens (including phenoxy) is 1. The SMILES string of the molecule is COc1ccccc1[C@@H](C)NC(=O)c1ccc(-c2nnc(-c3ccccc3C)o2)cc1. The summed E-state index contributed by atoms with van der Waals surface area (Å²) in [6.45, 7) is 3.92. The smallest absolute Gasteiger partial charge is 0.251 e. The molecule has 0 saturated heterocycles. The van der Waals surface area contributed by atoms with Crippen LogP contribution in [0.25, 0.3) is 22.9 Å². The van der Waals surface area contributed by atoms with E-state index in [1.165, 1.54) is 0 Å². The first kappa shape index (κ1) is 20.3. The van der Waals surface area contributed by atoms with Crippen molar-refractivity contribution in [3.63, 3.8) is 0 Å². The van der Waals surface area contributed by atoms with Crippen LogP contribution in [-0.2, 0) is 0 Å². The van der Waals surface area contributed by atoms with Crippen LogP contribution in [0.3, 0.4) is 0 Å². The van der Waals surface area contributed by atoms with E-state index in [4.69, 9.17) is 9.15 Å². The number of hydrogen-bond donors (Lipinski definition) is 1. The number of rotatable bonds is 6. The molecule has 0 aliphatic heterocycles. The van der Waals surface area contributed by atoms with Crippen LogP contribution in [-0.4, -0.2) is 23.2 Å². The number of methoxy groups -OCH3 is 1. The highest BCUT2D eigenvalue weighted by atomic mass is 16.5. The Hall–Kier alpha value is -3.93. The van der Waals surface area contributed by atoms with Gasteiger partial charge in [0.2, 0.25) is 11.8 Å². The lowest BCUT2D eigenvalue weighted by molar-refractivity contribution is 0.0939. The summed E-state index contributed by atoms with van der Waals surface area (Å²) in [7, 11) is 1.62. The Bertz CT molecular complexity index is 1200. The predicted octanol–water partition coefficient (Wildman–Crippen LogP) is 5.21. The highest BCUT2D eigenvalue weighted by Crippen LogP contribution is 2.27. The average molecular weight is 413 g/mol. The summed E-state index contributed by atoms with van der Waals surface area (Å²) in [5.41, 5.74) is 4.19. The second kappa shape index (κ2) is 8.83. The number of carbonyl (C=O) groups is 1. The van der Waals surface area contributed by atoms with E-state index >= 15 is 0 Å². The predicted molar refractivity (Wildman–Crippen MR) is 119 cm³/mol. The molecular weight excluding hydrogens is 390 g/mol. The van der Waals surface area contributed by atoms with Gasteiger partial charge in [0.25, 0.3) is 5.91 Å². The van der Waals surface area contributed by atoms with Gasteiger partial charge in [0.15, 0.2) is 0 Å². The molecule has 4 aromatic rings. The van der Waals surface area contributed by atoms with E-state index in [9.17, 15) is 4.79 Å². The van der Waals surface area contributed by atoms with Gasteiger partial charge in [-0.15, -0.1) is 10.2 Å². The summed E-state index contributed by atoms with van der Waals surface area (Å²) in [5.74, 6) is 1.45.